The lowest BCUT2D eigenvalue weighted by atomic mass is 10.1. The van der Waals surface area contributed by atoms with E-state index >= 15 is 0 Å². The molecule has 9 heteroatoms. The molecule has 0 unspecified atom stereocenters. The average molecular weight is 495 g/mol. The van der Waals surface area contributed by atoms with E-state index in [1.165, 1.54) is 66.4 Å². The largest absolute Gasteiger partial charge is 0.452 e. The Labute approximate surface area is 203 Å². The molecule has 0 saturated carbocycles. The van der Waals surface area contributed by atoms with Crippen LogP contribution in [0.2, 0.25) is 5.02 Å². The molecule has 0 spiro atoms. The molecule has 0 aromatic heterocycles. The Morgan fingerprint density at radius 3 is 2.41 bits per heavy atom. The summed E-state index contributed by atoms with van der Waals surface area (Å²) in [5.41, 5.74) is 0.0579. The number of hydrogen-bond donors (Lipinski definition) is 1. The van der Waals surface area contributed by atoms with Gasteiger partial charge in [-0.3, -0.25) is 14.9 Å². The SMILES string of the molecule is O=C(Nc1cc(Cl)ccc1Oc1ccccc1F)c1ccc(Sc2ccccc2)c([N+](=O)[O-])c1. The Bertz CT molecular complexity index is 1370. The zero-order chi connectivity index (χ0) is 24.1. The van der Waals surface area contributed by atoms with E-state index in [2.05, 4.69) is 5.32 Å². The van der Waals surface area contributed by atoms with E-state index in [1.54, 1.807) is 6.07 Å². The molecule has 0 heterocycles. The lowest BCUT2D eigenvalue weighted by molar-refractivity contribution is -0.387. The highest BCUT2D eigenvalue weighted by Gasteiger charge is 2.20. The molecule has 0 atom stereocenters. The van der Waals surface area contributed by atoms with Gasteiger partial charge in [0.1, 0.15) is 0 Å². The molecule has 0 aliphatic heterocycles. The van der Waals surface area contributed by atoms with Gasteiger partial charge in [0.15, 0.2) is 17.3 Å². The minimum Gasteiger partial charge on any atom is -0.452 e. The summed E-state index contributed by atoms with van der Waals surface area (Å²) in [6.45, 7) is 0. The number of carbonyl (C=O) groups is 1. The molecule has 0 aliphatic carbocycles. The third-order valence-electron chi connectivity index (χ3n) is 4.64. The van der Waals surface area contributed by atoms with Crippen LogP contribution < -0.4 is 10.1 Å². The van der Waals surface area contributed by atoms with Gasteiger partial charge in [-0.2, -0.15) is 0 Å². The van der Waals surface area contributed by atoms with Crippen molar-refractivity contribution < 1.29 is 18.8 Å². The fourth-order valence-corrected chi connectivity index (χ4v) is 4.13. The van der Waals surface area contributed by atoms with Gasteiger partial charge in [-0.05, 0) is 54.6 Å². The molecular formula is C25H16ClFN2O4S. The summed E-state index contributed by atoms with van der Waals surface area (Å²) < 4.78 is 19.6. The third kappa shape index (κ3) is 5.54. The predicted octanol–water partition coefficient (Wildman–Crippen LogP) is 7.58. The van der Waals surface area contributed by atoms with E-state index in [1.807, 2.05) is 30.3 Å². The lowest BCUT2D eigenvalue weighted by Gasteiger charge is -2.13. The van der Waals surface area contributed by atoms with Crippen molar-refractivity contribution in [1.82, 2.24) is 0 Å². The van der Waals surface area contributed by atoms with Crippen molar-refractivity contribution in [2.24, 2.45) is 0 Å². The van der Waals surface area contributed by atoms with Crippen molar-refractivity contribution in [3.05, 3.63) is 118 Å². The molecule has 4 aromatic rings. The molecule has 34 heavy (non-hydrogen) atoms. The van der Waals surface area contributed by atoms with Crippen molar-refractivity contribution in [3.63, 3.8) is 0 Å². The molecule has 0 fully saturated rings. The molecule has 0 radical (unpaired) electrons. The van der Waals surface area contributed by atoms with Crippen molar-refractivity contribution in [1.29, 1.82) is 0 Å². The van der Waals surface area contributed by atoms with Gasteiger partial charge >= 0.3 is 0 Å². The van der Waals surface area contributed by atoms with Crippen LogP contribution in [0.4, 0.5) is 15.8 Å². The molecule has 170 valence electrons. The summed E-state index contributed by atoms with van der Waals surface area (Å²) in [5.74, 6) is -1.05. The number of anilines is 1. The van der Waals surface area contributed by atoms with Gasteiger partial charge in [-0.15, -0.1) is 0 Å². The van der Waals surface area contributed by atoms with Gasteiger partial charge < -0.3 is 10.1 Å². The fourth-order valence-electron chi connectivity index (χ4n) is 3.03. The zero-order valence-corrected chi connectivity index (χ0v) is 19.0. The second kappa shape index (κ2) is 10.4. The third-order valence-corrected chi connectivity index (χ3v) is 5.94. The first-order valence-electron chi connectivity index (χ1n) is 9.95. The zero-order valence-electron chi connectivity index (χ0n) is 17.4. The standard InChI is InChI=1S/C25H16ClFN2O4S/c26-17-11-12-23(33-22-9-5-4-8-19(22)27)20(15-17)28-25(30)16-10-13-24(21(14-16)29(31)32)34-18-6-2-1-3-7-18/h1-15H,(H,28,30). The van der Waals surface area contributed by atoms with Crippen LogP contribution in [0, 0.1) is 15.9 Å². The summed E-state index contributed by atoms with van der Waals surface area (Å²) in [7, 11) is 0. The molecule has 0 bridgehead atoms. The van der Waals surface area contributed by atoms with Gasteiger partial charge in [0.05, 0.1) is 15.5 Å². The van der Waals surface area contributed by atoms with Crippen LogP contribution in [0.1, 0.15) is 10.4 Å². The van der Waals surface area contributed by atoms with Crippen LogP contribution in [0.15, 0.2) is 101 Å². The number of ether oxygens (including phenoxy) is 1. The van der Waals surface area contributed by atoms with Crippen molar-refractivity contribution in [3.8, 4) is 11.5 Å². The number of nitrogens with zero attached hydrogens (tertiary/aromatic N) is 1. The Kier molecular flexibility index (Phi) is 7.10. The summed E-state index contributed by atoms with van der Waals surface area (Å²) in [5, 5.41) is 14.6. The second-order valence-corrected chi connectivity index (χ2v) is 8.53. The highest BCUT2D eigenvalue weighted by molar-refractivity contribution is 7.99. The van der Waals surface area contributed by atoms with E-state index in [0.717, 1.165) is 4.90 Å². The van der Waals surface area contributed by atoms with Gasteiger partial charge in [0.2, 0.25) is 0 Å². The highest BCUT2D eigenvalue weighted by atomic mass is 35.5. The van der Waals surface area contributed by atoms with Crippen LogP contribution in [0.25, 0.3) is 0 Å². The molecule has 6 nitrogen and oxygen atoms in total. The quantitative estimate of drug-likeness (QED) is 0.211. The maximum Gasteiger partial charge on any atom is 0.284 e. The summed E-state index contributed by atoms with van der Waals surface area (Å²) >= 11 is 7.30. The Hall–Kier alpha value is -3.88. The summed E-state index contributed by atoms with van der Waals surface area (Å²) in [4.78, 5) is 25.3. The number of amides is 1. The Morgan fingerprint density at radius 1 is 0.941 bits per heavy atom. The molecule has 4 rings (SSSR count). The maximum atomic E-state index is 14.0. The molecular weight excluding hydrogens is 479 g/mol. The minimum absolute atomic E-state index is 0.0294. The first-order valence-corrected chi connectivity index (χ1v) is 11.1. The lowest BCUT2D eigenvalue weighted by Crippen LogP contribution is -2.13. The number of rotatable bonds is 7. The first kappa shape index (κ1) is 23.3. The number of benzene rings is 4. The summed E-state index contributed by atoms with van der Waals surface area (Å²) in [6.07, 6.45) is 0. The fraction of sp³-hybridized carbons (Fsp3) is 0. The maximum absolute atomic E-state index is 14.0. The van der Waals surface area contributed by atoms with E-state index in [-0.39, 0.29) is 28.4 Å². The minimum atomic E-state index is -0.611. The monoisotopic (exact) mass is 494 g/mol. The molecule has 1 N–H and O–H groups in total. The van der Waals surface area contributed by atoms with E-state index in [4.69, 9.17) is 16.3 Å². The van der Waals surface area contributed by atoms with Crippen molar-refractivity contribution >= 4 is 40.6 Å². The van der Waals surface area contributed by atoms with Gasteiger partial charge in [-0.25, -0.2) is 4.39 Å². The van der Waals surface area contributed by atoms with Crippen molar-refractivity contribution in [2.45, 2.75) is 9.79 Å². The predicted molar refractivity (Wildman–Crippen MR) is 130 cm³/mol. The van der Waals surface area contributed by atoms with Gasteiger partial charge in [0.25, 0.3) is 11.6 Å². The topological polar surface area (TPSA) is 81.5 Å². The normalized spacial score (nSPS) is 10.5. The second-order valence-electron chi connectivity index (χ2n) is 6.98. The number of halogens is 2. The number of hydrogen-bond acceptors (Lipinski definition) is 5. The number of carbonyl (C=O) groups excluding carboxylic acids is 1. The number of nitro groups is 1. The smallest absolute Gasteiger partial charge is 0.284 e. The van der Waals surface area contributed by atoms with E-state index in [9.17, 15) is 19.3 Å². The van der Waals surface area contributed by atoms with Gasteiger partial charge in [-0.1, -0.05) is 53.7 Å². The van der Waals surface area contributed by atoms with E-state index in [0.29, 0.717) is 9.92 Å². The first-order chi connectivity index (χ1) is 16.4. The average Bonchev–Trinajstić information content (AvgIpc) is 2.83. The van der Waals surface area contributed by atoms with Crippen molar-refractivity contribution in [2.75, 3.05) is 5.32 Å². The van der Waals surface area contributed by atoms with Crippen LogP contribution in [-0.2, 0) is 0 Å². The molecule has 0 aliphatic rings. The number of nitro benzene ring substituents is 1. The molecule has 0 saturated heterocycles. The molecule has 1 amide bonds. The number of nitrogens with one attached hydrogen (secondary N) is 1. The highest BCUT2D eigenvalue weighted by Crippen LogP contribution is 2.36. The van der Waals surface area contributed by atoms with Crippen LogP contribution in [-0.4, -0.2) is 10.8 Å². The Morgan fingerprint density at radius 2 is 1.68 bits per heavy atom. The van der Waals surface area contributed by atoms with Crippen LogP contribution in [0.5, 0.6) is 11.5 Å². The van der Waals surface area contributed by atoms with Gasteiger partial charge in [0, 0.05) is 21.5 Å². The molecule has 4 aromatic carbocycles. The number of para-hydroxylation sites is 1. The van der Waals surface area contributed by atoms with Crippen LogP contribution in [0.3, 0.4) is 0 Å². The summed E-state index contributed by atoms with van der Waals surface area (Å²) in [6, 6.07) is 23.7. The van der Waals surface area contributed by atoms with Crippen LogP contribution >= 0.6 is 23.4 Å². The Balaban J connectivity index is 1.60. The van der Waals surface area contributed by atoms with E-state index < -0.39 is 16.6 Å².